The average molecular weight is 209 g/mol. The van der Waals surface area contributed by atoms with Crippen molar-refractivity contribution in [1.82, 2.24) is 5.32 Å². The largest absolute Gasteiger partial charge is 0.310 e. The van der Waals surface area contributed by atoms with E-state index in [1.165, 1.54) is 17.7 Å². The van der Waals surface area contributed by atoms with Crippen molar-refractivity contribution < 1.29 is 0 Å². The Balaban J connectivity index is 2.20. The summed E-state index contributed by atoms with van der Waals surface area (Å²) in [5.41, 5.74) is 1.36. The van der Waals surface area contributed by atoms with Crippen LogP contribution in [0, 0.1) is 0 Å². The second kappa shape index (κ2) is 6.91. The fraction of sp³-hybridized carbons (Fsp3) is 0.500. The van der Waals surface area contributed by atoms with Gasteiger partial charge in [0, 0.05) is 12.6 Å². The predicted molar refractivity (Wildman–Crippen MR) is 65.7 cm³/mol. The highest BCUT2D eigenvalue weighted by Gasteiger charge is 1.99. The van der Waals surface area contributed by atoms with Gasteiger partial charge in [-0.2, -0.15) is 11.8 Å². The maximum absolute atomic E-state index is 3.52. The van der Waals surface area contributed by atoms with Crippen LogP contribution in [-0.2, 0) is 6.54 Å². The summed E-state index contributed by atoms with van der Waals surface area (Å²) < 4.78 is 0. The van der Waals surface area contributed by atoms with Crippen LogP contribution < -0.4 is 5.32 Å². The van der Waals surface area contributed by atoms with E-state index < -0.39 is 0 Å². The van der Waals surface area contributed by atoms with Crippen molar-refractivity contribution >= 4 is 11.8 Å². The molecule has 0 fully saturated rings. The normalized spacial score (nSPS) is 12.7. The van der Waals surface area contributed by atoms with E-state index in [2.05, 4.69) is 48.8 Å². The standard InChI is InChI=1S/C12H19NS/c1-11(8-9-14-2)13-10-12-6-4-3-5-7-12/h3-7,11,13H,8-10H2,1-2H3. The zero-order chi connectivity index (χ0) is 10.2. The molecule has 0 bridgehead atoms. The molecule has 0 amide bonds. The molecule has 14 heavy (non-hydrogen) atoms. The van der Waals surface area contributed by atoms with Crippen LogP contribution in [0.15, 0.2) is 30.3 Å². The minimum atomic E-state index is 0.614. The molecule has 1 N–H and O–H groups in total. The summed E-state index contributed by atoms with van der Waals surface area (Å²) in [5.74, 6) is 1.24. The SMILES string of the molecule is CSCCC(C)NCc1ccccc1. The maximum Gasteiger partial charge on any atom is 0.0207 e. The van der Waals surface area contributed by atoms with Gasteiger partial charge in [0.05, 0.1) is 0 Å². The Kier molecular flexibility index (Phi) is 5.72. The van der Waals surface area contributed by atoms with Gasteiger partial charge in [-0.05, 0) is 30.9 Å². The predicted octanol–water partition coefficient (Wildman–Crippen LogP) is 2.92. The van der Waals surface area contributed by atoms with Crippen molar-refractivity contribution in [3.05, 3.63) is 35.9 Å². The van der Waals surface area contributed by atoms with Crippen molar-refractivity contribution in [2.75, 3.05) is 12.0 Å². The first-order chi connectivity index (χ1) is 6.83. The van der Waals surface area contributed by atoms with Gasteiger partial charge in [0.2, 0.25) is 0 Å². The summed E-state index contributed by atoms with van der Waals surface area (Å²) in [6, 6.07) is 11.2. The van der Waals surface area contributed by atoms with Crippen LogP contribution in [0.1, 0.15) is 18.9 Å². The highest BCUT2D eigenvalue weighted by molar-refractivity contribution is 7.98. The quantitative estimate of drug-likeness (QED) is 0.773. The Morgan fingerprint density at radius 1 is 1.29 bits per heavy atom. The van der Waals surface area contributed by atoms with Gasteiger partial charge in [-0.3, -0.25) is 0 Å². The van der Waals surface area contributed by atoms with Crippen LogP contribution in [-0.4, -0.2) is 18.1 Å². The molecular formula is C12H19NS. The van der Waals surface area contributed by atoms with Gasteiger partial charge in [-0.25, -0.2) is 0 Å². The minimum absolute atomic E-state index is 0.614. The van der Waals surface area contributed by atoms with E-state index in [1.807, 2.05) is 11.8 Å². The molecule has 78 valence electrons. The first kappa shape index (κ1) is 11.6. The molecule has 1 aromatic rings. The van der Waals surface area contributed by atoms with Crippen LogP contribution in [0.2, 0.25) is 0 Å². The average Bonchev–Trinajstić information content (AvgIpc) is 2.25. The molecule has 0 aromatic heterocycles. The fourth-order valence-electron chi connectivity index (χ4n) is 1.28. The van der Waals surface area contributed by atoms with Crippen molar-refractivity contribution in [1.29, 1.82) is 0 Å². The number of hydrogen-bond acceptors (Lipinski definition) is 2. The third kappa shape index (κ3) is 4.68. The first-order valence-electron chi connectivity index (χ1n) is 5.09. The molecule has 2 heteroatoms. The van der Waals surface area contributed by atoms with E-state index in [-0.39, 0.29) is 0 Å². The summed E-state index contributed by atoms with van der Waals surface area (Å²) >= 11 is 1.91. The molecule has 0 radical (unpaired) electrons. The van der Waals surface area contributed by atoms with Gasteiger partial charge in [0.15, 0.2) is 0 Å². The summed E-state index contributed by atoms with van der Waals surface area (Å²) in [6.07, 6.45) is 3.40. The number of rotatable bonds is 6. The number of hydrogen-bond donors (Lipinski definition) is 1. The number of benzene rings is 1. The highest BCUT2D eigenvalue weighted by atomic mass is 32.2. The van der Waals surface area contributed by atoms with Gasteiger partial charge in [-0.15, -0.1) is 0 Å². The summed E-state index contributed by atoms with van der Waals surface area (Å²) in [7, 11) is 0. The van der Waals surface area contributed by atoms with Gasteiger partial charge in [-0.1, -0.05) is 30.3 Å². The smallest absolute Gasteiger partial charge is 0.0207 e. The summed E-state index contributed by atoms with van der Waals surface area (Å²) in [4.78, 5) is 0. The molecule has 0 saturated heterocycles. The van der Waals surface area contributed by atoms with Crippen molar-refractivity contribution in [2.45, 2.75) is 25.9 Å². The van der Waals surface area contributed by atoms with Crippen molar-refractivity contribution in [3.8, 4) is 0 Å². The number of nitrogens with one attached hydrogen (secondary N) is 1. The number of thioether (sulfide) groups is 1. The third-order valence-electron chi connectivity index (χ3n) is 2.25. The Hall–Kier alpha value is -0.470. The van der Waals surface area contributed by atoms with Crippen molar-refractivity contribution in [2.24, 2.45) is 0 Å². The molecule has 0 spiro atoms. The maximum atomic E-state index is 3.52. The Bertz CT molecular complexity index is 235. The lowest BCUT2D eigenvalue weighted by molar-refractivity contribution is 0.537. The van der Waals surface area contributed by atoms with E-state index >= 15 is 0 Å². The summed E-state index contributed by atoms with van der Waals surface area (Å²) in [6.45, 7) is 3.23. The second-order valence-corrected chi connectivity index (χ2v) is 4.53. The molecule has 1 rings (SSSR count). The minimum Gasteiger partial charge on any atom is -0.310 e. The van der Waals surface area contributed by atoms with E-state index in [1.54, 1.807) is 0 Å². The lowest BCUT2D eigenvalue weighted by Crippen LogP contribution is -2.25. The van der Waals surface area contributed by atoms with Crippen LogP contribution in [0.25, 0.3) is 0 Å². The second-order valence-electron chi connectivity index (χ2n) is 3.55. The first-order valence-corrected chi connectivity index (χ1v) is 6.48. The lowest BCUT2D eigenvalue weighted by Gasteiger charge is -2.12. The van der Waals surface area contributed by atoms with Crippen LogP contribution in [0.4, 0.5) is 0 Å². The van der Waals surface area contributed by atoms with Gasteiger partial charge in [0.25, 0.3) is 0 Å². The molecule has 0 aliphatic rings. The molecule has 0 aliphatic heterocycles. The Morgan fingerprint density at radius 3 is 2.64 bits per heavy atom. The molecule has 1 aromatic carbocycles. The highest BCUT2D eigenvalue weighted by Crippen LogP contribution is 2.02. The molecule has 0 heterocycles. The monoisotopic (exact) mass is 209 g/mol. The molecular weight excluding hydrogens is 190 g/mol. The fourth-order valence-corrected chi connectivity index (χ4v) is 1.87. The Labute approximate surface area is 91.3 Å². The van der Waals surface area contributed by atoms with E-state index in [0.717, 1.165) is 6.54 Å². The molecule has 0 saturated carbocycles. The van der Waals surface area contributed by atoms with Crippen LogP contribution >= 0.6 is 11.8 Å². The van der Waals surface area contributed by atoms with Gasteiger partial charge in [0.1, 0.15) is 0 Å². The van der Waals surface area contributed by atoms with Gasteiger partial charge < -0.3 is 5.32 Å². The molecule has 1 nitrogen and oxygen atoms in total. The molecule has 1 atom stereocenters. The van der Waals surface area contributed by atoms with Crippen LogP contribution in [0.3, 0.4) is 0 Å². The van der Waals surface area contributed by atoms with Crippen molar-refractivity contribution in [3.63, 3.8) is 0 Å². The zero-order valence-corrected chi connectivity index (χ0v) is 9.81. The van der Waals surface area contributed by atoms with Crippen LogP contribution in [0.5, 0.6) is 0 Å². The van der Waals surface area contributed by atoms with E-state index in [0.29, 0.717) is 6.04 Å². The summed E-state index contributed by atoms with van der Waals surface area (Å²) in [5, 5.41) is 3.52. The Morgan fingerprint density at radius 2 is 2.00 bits per heavy atom. The zero-order valence-electron chi connectivity index (χ0n) is 8.99. The van der Waals surface area contributed by atoms with Gasteiger partial charge >= 0.3 is 0 Å². The van der Waals surface area contributed by atoms with E-state index in [9.17, 15) is 0 Å². The lowest BCUT2D eigenvalue weighted by atomic mass is 10.2. The molecule has 0 aliphatic carbocycles. The third-order valence-corrected chi connectivity index (χ3v) is 2.90. The molecule has 1 unspecified atom stereocenters. The van der Waals surface area contributed by atoms with E-state index in [4.69, 9.17) is 0 Å². The topological polar surface area (TPSA) is 12.0 Å².